The molecule has 4 N–H and O–H groups in total. The average Bonchev–Trinajstić information content (AvgIpc) is 3.33. The van der Waals surface area contributed by atoms with Gasteiger partial charge in [0.25, 0.3) is 5.56 Å². The van der Waals surface area contributed by atoms with Crippen molar-refractivity contribution in [2.24, 2.45) is 10.7 Å². The van der Waals surface area contributed by atoms with Gasteiger partial charge in [-0.2, -0.15) is 9.86 Å². The van der Waals surface area contributed by atoms with Gasteiger partial charge in [-0.05, 0) is 42.0 Å². The van der Waals surface area contributed by atoms with Crippen LogP contribution in [0.2, 0.25) is 0 Å². The molecular weight excluding hydrogens is 461 g/mol. The molecule has 1 aromatic carbocycles. The molecule has 3 heterocycles. The highest BCUT2D eigenvalue weighted by Gasteiger charge is 2.35. The maximum Gasteiger partial charge on any atom is 0.348 e. The number of nitrogens with one attached hydrogen (secondary N) is 1. The summed E-state index contributed by atoms with van der Waals surface area (Å²) in [4.78, 5) is 14.1. The van der Waals surface area contributed by atoms with Crippen LogP contribution in [0.4, 0.5) is 11.4 Å². The summed E-state index contributed by atoms with van der Waals surface area (Å²) in [6, 6.07) is 8.47. The Bertz CT molecular complexity index is 1320. The fourth-order valence-electron chi connectivity index (χ4n) is 3.53. The van der Waals surface area contributed by atoms with Crippen LogP contribution in [0.5, 0.6) is 5.75 Å². The molecule has 33 heavy (non-hydrogen) atoms. The molecule has 9 nitrogen and oxygen atoms in total. The van der Waals surface area contributed by atoms with E-state index in [0.717, 1.165) is 12.8 Å². The minimum Gasteiger partial charge on any atom is -0.505 e. The van der Waals surface area contributed by atoms with E-state index in [4.69, 9.17) is 10.3 Å². The summed E-state index contributed by atoms with van der Waals surface area (Å²) in [6.07, 6.45) is 1.72. The van der Waals surface area contributed by atoms with Gasteiger partial charge in [-0.25, -0.2) is 4.68 Å². The normalized spacial score (nSPS) is 18.3. The molecule has 0 amide bonds. The summed E-state index contributed by atoms with van der Waals surface area (Å²) in [5, 5.41) is 20.8. The van der Waals surface area contributed by atoms with Gasteiger partial charge in [-0.3, -0.25) is 9.36 Å². The molecule has 1 aliphatic heterocycles. The van der Waals surface area contributed by atoms with Crippen LogP contribution in [0.1, 0.15) is 32.3 Å². The van der Waals surface area contributed by atoms with Gasteiger partial charge in [0.05, 0.1) is 15.9 Å². The number of hydrogen-bond acceptors (Lipinski definition) is 8. The van der Waals surface area contributed by atoms with E-state index < -0.39 is 13.1 Å². The molecule has 0 aliphatic carbocycles. The Hall–Kier alpha value is -2.94. The predicted molar refractivity (Wildman–Crippen MR) is 133 cm³/mol. The number of aromatic hydroxyl groups is 1. The SMILES string of the molecule is CCC(C)CCn1nc(-c2cccs2)c(O)c(C2=NP(=O)(OC)c3cc(N)ccc3N2)c1=O. The number of nitrogens with two attached hydrogens (primary N) is 1. The van der Waals surface area contributed by atoms with Crippen LogP contribution in [0.25, 0.3) is 10.6 Å². The number of hydrogen-bond donors (Lipinski definition) is 3. The Morgan fingerprint density at radius 2 is 2.15 bits per heavy atom. The van der Waals surface area contributed by atoms with Crippen molar-refractivity contribution in [3.8, 4) is 16.3 Å². The highest BCUT2D eigenvalue weighted by molar-refractivity contribution is 7.66. The third-order valence-corrected chi connectivity index (χ3v) is 8.52. The highest BCUT2D eigenvalue weighted by atomic mass is 32.1. The van der Waals surface area contributed by atoms with E-state index in [1.165, 1.54) is 29.2 Å². The summed E-state index contributed by atoms with van der Waals surface area (Å²) in [5.41, 5.74) is 6.36. The monoisotopic (exact) mass is 487 g/mol. The number of fused-ring (bicyclic) bond motifs is 1. The molecule has 0 saturated heterocycles. The fraction of sp³-hybridized carbons (Fsp3) is 0.318. The molecule has 0 saturated carbocycles. The van der Waals surface area contributed by atoms with Crippen molar-refractivity contribution >= 4 is 41.4 Å². The predicted octanol–water partition coefficient (Wildman–Crippen LogP) is 4.03. The topological polar surface area (TPSA) is 132 Å². The minimum absolute atomic E-state index is 0.0301. The van der Waals surface area contributed by atoms with Crippen molar-refractivity contribution in [1.29, 1.82) is 0 Å². The zero-order valence-electron chi connectivity index (χ0n) is 18.6. The lowest BCUT2D eigenvalue weighted by molar-refractivity contribution is 0.404. The van der Waals surface area contributed by atoms with Gasteiger partial charge in [0.2, 0.25) is 0 Å². The zero-order valence-corrected chi connectivity index (χ0v) is 20.3. The maximum absolute atomic E-state index is 13.5. The largest absolute Gasteiger partial charge is 0.505 e. The summed E-state index contributed by atoms with van der Waals surface area (Å²) < 4.78 is 24.4. The molecule has 2 unspecified atom stereocenters. The molecule has 0 fully saturated rings. The summed E-state index contributed by atoms with van der Waals surface area (Å²) in [5.74, 6) is 0.0461. The molecule has 1 aliphatic rings. The van der Waals surface area contributed by atoms with Crippen LogP contribution in [0.15, 0.2) is 45.3 Å². The average molecular weight is 488 g/mol. The number of amidine groups is 1. The standard InChI is InChI=1S/C22H26N5O4PS/c1-4-13(2)9-10-27-22(29)18(20(28)19(25-27)17-6-5-11-33-17)21-24-15-8-7-14(23)12-16(15)32(30,26-21)31-3/h5-8,11-13,28H,4,9-10,23H2,1-3H3,(H,24,26,30). The molecule has 3 aromatic rings. The van der Waals surface area contributed by atoms with Crippen LogP contribution in [0, 0.1) is 5.92 Å². The van der Waals surface area contributed by atoms with Crippen LogP contribution in [0.3, 0.4) is 0 Å². The molecule has 4 rings (SSSR count). The van der Waals surface area contributed by atoms with Crippen LogP contribution in [-0.2, 0) is 15.6 Å². The quantitative estimate of drug-likeness (QED) is 0.339. The lowest BCUT2D eigenvalue weighted by Gasteiger charge is -2.25. The smallest absolute Gasteiger partial charge is 0.348 e. The molecular formula is C22H26N5O4PS. The molecule has 0 bridgehead atoms. The lowest BCUT2D eigenvalue weighted by atomic mass is 10.1. The van der Waals surface area contributed by atoms with Crippen molar-refractivity contribution in [3.63, 3.8) is 0 Å². The second-order valence-electron chi connectivity index (χ2n) is 7.93. The van der Waals surface area contributed by atoms with Gasteiger partial charge in [-0.15, -0.1) is 11.3 Å². The fourth-order valence-corrected chi connectivity index (χ4v) is 5.79. The summed E-state index contributed by atoms with van der Waals surface area (Å²) in [7, 11) is -2.44. The van der Waals surface area contributed by atoms with Gasteiger partial charge in [0, 0.05) is 19.3 Å². The maximum atomic E-state index is 13.5. The first-order valence-electron chi connectivity index (χ1n) is 10.6. The Kier molecular flexibility index (Phi) is 6.43. The minimum atomic E-state index is -3.73. The Morgan fingerprint density at radius 1 is 1.36 bits per heavy atom. The van der Waals surface area contributed by atoms with E-state index in [1.807, 2.05) is 17.5 Å². The van der Waals surface area contributed by atoms with Crippen molar-refractivity contribution < 1.29 is 14.2 Å². The summed E-state index contributed by atoms with van der Waals surface area (Å²) in [6.45, 7) is 4.58. The first-order chi connectivity index (χ1) is 15.8. The van der Waals surface area contributed by atoms with Crippen molar-refractivity contribution in [3.05, 3.63) is 51.6 Å². The third-order valence-electron chi connectivity index (χ3n) is 5.71. The van der Waals surface area contributed by atoms with E-state index in [1.54, 1.807) is 12.1 Å². The van der Waals surface area contributed by atoms with Crippen molar-refractivity contribution in [2.45, 2.75) is 33.2 Å². The van der Waals surface area contributed by atoms with Crippen molar-refractivity contribution in [2.75, 3.05) is 18.2 Å². The first kappa shape index (κ1) is 23.2. The van der Waals surface area contributed by atoms with Crippen LogP contribution < -0.4 is 21.9 Å². The Labute approximate surface area is 195 Å². The van der Waals surface area contributed by atoms with Crippen LogP contribution in [-0.4, -0.2) is 27.8 Å². The molecule has 0 spiro atoms. The number of aromatic nitrogens is 2. The van der Waals surface area contributed by atoms with E-state index in [-0.39, 0.29) is 22.8 Å². The van der Waals surface area contributed by atoms with Gasteiger partial charge in [0.15, 0.2) is 11.6 Å². The van der Waals surface area contributed by atoms with Crippen LogP contribution >= 0.6 is 18.9 Å². The van der Waals surface area contributed by atoms with Gasteiger partial charge >= 0.3 is 7.52 Å². The number of benzene rings is 1. The third kappa shape index (κ3) is 4.34. The van der Waals surface area contributed by atoms with Gasteiger partial charge in [0.1, 0.15) is 11.3 Å². The molecule has 11 heteroatoms. The highest BCUT2D eigenvalue weighted by Crippen LogP contribution is 2.51. The molecule has 174 valence electrons. The van der Waals surface area contributed by atoms with E-state index in [2.05, 4.69) is 29.0 Å². The first-order valence-corrected chi connectivity index (χ1v) is 13.0. The number of aryl methyl sites for hydroxylation is 1. The second kappa shape index (κ2) is 9.13. The number of nitrogen functional groups attached to an aromatic ring is 1. The van der Waals surface area contributed by atoms with E-state index in [9.17, 15) is 14.5 Å². The van der Waals surface area contributed by atoms with Gasteiger partial charge < -0.3 is 20.7 Å². The molecule has 2 atom stereocenters. The Balaban J connectivity index is 1.91. The van der Waals surface area contributed by atoms with Crippen molar-refractivity contribution in [1.82, 2.24) is 9.78 Å². The second-order valence-corrected chi connectivity index (χ2v) is 11.0. The zero-order chi connectivity index (χ0) is 23.8. The summed E-state index contributed by atoms with van der Waals surface area (Å²) >= 11 is 1.39. The molecule has 0 radical (unpaired) electrons. The number of nitrogens with zero attached hydrogens (tertiary/aromatic N) is 3. The number of thiophene rings is 1. The number of anilines is 2. The Morgan fingerprint density at radius 3 is 2.82 bits per heavy atom. The van der Waals surface area contributed by atoms with Gasteiger partial charge in [-0.1, -0.05) is 26.3 Å². The van der Waals surface area contributed by atoms with E-state index in [0.29, 0.717) is 34.0 Å². The van der Waals surface area contributed by atoms with E-state index >= 15 is 0 Å². The lowest BCUT2D eigenvalue weighted by Crippen LogP contribution is -2.35. The number of rotatable bonds is 7. The molecule has 2 aromatic heterocycles.